The largest absolute Gasteiger partial charge is 0.451 e. The predicted octanol–water partition coefficient (Wildman–Crippen LogP) is 6.01. The van der Waals surface area contributed by atoms with Gasteiger partial charge in [0.15, 0.2) is 5.76 Å². The molecule has 0 saturated carbocycles. The second-order valence-electron chi connectivity index (χ2n) is 8.14. The van der Waals surface area contributed by atoms with Crippen LogP contribution in [0.4, 0.5) is 0 Å². The first-order chi connectivity index (χ1) is 16.6. The number of thioether (sulfide) groups is 1. The first-order valence-corrected chi connectivity index (χ1v) is 12.8. The second kappa shape index (κ2) is 9.87. The molecule has 8 heteroatoms. The number of benzene rings is 2. The maximum absolute atomic E-state index is 13.4. The SMILES string of the molecule is Cc1csc(SCc2c(C(=O)N(C)Cc3cnn(Cc4ccccc4)c3)oc3ccccc23)n1. The quantitative estimate of drug-likeness (QED) is 0.250. The summed E-state index contributed by atoms with van der Waals surface area (Å²) in [6, 6.07) is 18.0. The van der Waals surface area contributed by atoms with Gasteiger partial charge in [-0.15, -0.1) is 11.3 Å². The van der Waals surface area contributed by atoms with E-state index in [0.717, 1.165) is 32.1 Å². The molecule has 0 radical (unpaired) electrons. The molecule has 0 aliphatic rings. The third-order valence-electron chi connectivity index (χ3n) is 5.47. The fraction of sp³-hybridized carbons (Fsp3) is 0.192. The number of furan rings is 1. The molecule has 0 unspecified atom stereocenters. The summed E-state index contributed by atoms with van der Waals surface area (Å²) in [5, 5.41) is 7.46. The van der Waals surface area contributed by atoms with Crippen LogP contribution < -0.4 is 0 Å². The summed E-state index contributed by atoms with van der Waals surface area (Å²) in [5.74, 6) is 0.868. The molecule has 6 nitrogen and oxygen atoms in total. The van der Waals surface area contributed by atoms with E-state index < -0.39 is 0 Å². The van der Waals surface area contributed by atoms with Gasteiger partial charge >= 0.3 is 0 Å². The van der Waals surface area contributed by atoms with Gasteiger partial charge < -0.3 is 9.32 Å². The lowest BCUT2D eigenvalue weighted by atomic mass is 10.1. The molecule has 5 rings (SSSR count). The normalized spacial score (nSPS) is 11.2. The number of hydrogen-bond acceptors (Lipinski definition) is 6. The van der Waals surface area contributed by atoms with Gasteiger partial charge in [-0.3, -0.25) is 9.48 Å². The zero-order valence-corrected chi connectivity index (χ0v) is 20.6. The van der Waals surface area contributed by atoms with Crippen molar-refractivity contribution in [1.82, 2.24) is 19.7 Å². The smallest absolute Gasteiger partial charge is 0.289 e. The Hall–Kier alpha value is -3.36. The first-order valence-electron chi connectivity index (χ1n) is 10.9. The van der Waals surface area contributed by atoms with Crippen LogP contribution in [0.15, 0.2) is 81.1 Å². The van der Waals surface area contributed by atoms with E-state index in [1.165, 1.54) is 5.56 Å². The van der Waals surface area contributed by atoms with Gasteiger partial charge in [-0.2, -0.15) is 5.10 Å². The van der Waals surface area contributed by atoms with E-state index in [9.17, 15) is 4.79 Å². The minimum Gasteiger partial charge on any atom is -0.451 e. The summed E-state index contributed by atoms with van der Waals surface area (Å²) >= 11 is 3.25. The van der Waals surface area contributed by atoms with Crippen molar-refractivity contribution < 1.29 is 9.21 Å². The molecule has 3 heterocycles. The van der Waals surface area contributed by atoms with E-state index in [1.54, 1.807) is 35.0 Å². The van der Waals surface area contributed by atoms with Crippen LogP contribution >= 0.6 is 23.1 Å². The van der Waals surface area contributed by atoms with E-state index >= 15 is 0 Å². The molecule has 0 aliphatic heterocycles. The summed E-state index contributed by atoms with van der Waals surface area (Å²) in [4.78, 5) is 19.7. The maximum atomic E-state index is 13.4. The third-order valence-corrected chi connectivity index (χ3v) is 7.64. The summed E-state index contributed by atoms with van der Waals surface area (Å²) in [7, 11) is 1.80. The Morgan fingerprint density at radius 3 is 2.71 bits per heavy atom. The summed E-state index contributed by atoms with van der Waals surface area (Å²) in [5.41, 5.74) is 4.79. The van der Waals surface area contributed by atoms with Crippen LogP contribution in [0.3, 0.4) is 0 Å². The van der Waals surface area contributed by atoms with Crippen molar-refractivity contribution in [1.29, 1.82) is 0 Å². The fourth-order valence-electron chi connectivity index (χ4n) is 3.81. The van der Waals surface area contributed by atoms with Crippen LogP contribution in [0.5, 0.6) is 0 Å². The molecule has 1 amide bonds. The number of para-hydroxylation sites is 1. The average molecular weight is 489 g/mol. The predicted molar refractivity (Wildman–Crippen MR) is 136 cm³/mol. The minimum atomic E-state index is -0.141. The van der Waals surface area contributed by atoms with Gasteiger partial charge in [0.2, 0.25) is 0 Å². The Balaban J connectivity index is 1.33. The number of aromatic nitrogens is 3. The Bertz CT molecular complexity index is 1420. The number of aryl methyl sites for hydroxylation is 1. The number of thiazole rings is 1. The maximum Gasteiger partial charge on any atom is 0.289 e. The van der Waals surface area contributed by atoms with Gasteiger partial charge in [0.1, 0.15) is 9.92 Å². The standard InChI is InChI=1S/C26H24N4O2S2/c1-18-16-33-26(28-18)34-17-22-21-10-6-7-11-23(21)32-24(22)25(31)29(2)13-20-12-27-30(15-20)14-19-8-4-3-5-9-19/h3-12,15-16H,13-14,17H2,1-2H3. The van der Waals surface area contributed by atoms with Crippen molar-refractivity contribution in [2.75, 3.05) is 7.05 Å². The molecule has 0 aliphatic carbocycles. The average Bonchev–Trinajstić information content (AvgIpc) is 3.56. The van der Waals surface area contributed by atoms with Crippen LogP contribution in [0.25, 0.3) is 11.0 Å². The molecular formula is C26H24N4O2S2. The van der Waals surface area contributed by atoms with Gasteiger partial charge in [0.25, 0.3) is 5.91 Å². The van der Waals surface area contributed by atoms with Crippen LogP contribution in [-0.2, 0) is 18.8 Å². The lowest BCUT2D eigenvalue weighted by Crippen LogP contribution is -2.26. The van der Waals surface area contributed by atoms with Crippen molar-refractivity contribution in [3.63, 3.8) is 0 Å². The van der Waals surface area contributed by atoms with E-state index in [2.05, 4.69) is 22.2 Å². The number of carbonyl (C=O) groups excluding carboxylic acids is 1. The number of hydrogen-bond donors (Lipinski definition) is 0. The molecule has 3 aromatic heterocycles. The Morgan fingerprint density at radius 2 is 1.91 bits per heavy atom. The molecule has 0 bridgehead atoms. The molecule has 34 heavy (non-hydrogen) atoms. The summed E-state index contributed by atoms with van der Waals surface area (Å²) in [6.07, 6.45) is 3.80. The van der Waals surface area contributed by atoms with Gasteiger partial charge in [0.05, 0.1) is 12.7 Å². The molecule has 172 valence electrons. The van der Waals surface area contributed by atoms with E-state index in [4.69, 9.17) is 4.42 Å². The lowest BCUT2D eigenvalue weighted by molar-refractivity contribution is 0.0754. The summed E-state index contributed by atoms with van der Waals surface area (Å²) < 4.78 is 8.93. The highest BCUT2D eigenvalue weighted by molar-refractivity contribution is 8.00. The van der Waals surface area contributed by atoms with Crippen molar-refractivity contribution in [3.8, 4) is 0 Å². The van der Waals surface area contributed by atoms with E-state index in [1.807, 2.05) is 71.8 Å². The highest BCUT2D eigenvalue weighted by Crippen LogP contribution is 2.33. The van der Waals surface area contributed by atoms with E-state index in [0.29, 0.717) is 24.6 Å². The van der Waals surface area contributed by atoms with Crippen molar-refractivity contribution in [2.24, 2.45) is 0 Å². The Labute approximate surface area is 206 Å². The number of nitrogens with zero attached hydrogens (tertiary/aromatic N) is 4. The number of amides is 1. The first kappa shape index (κ1) is 22.4. The molecule has 0 N–H and O–H groups in total. The minimum absolute atomic E-state index is 0.141. The second-order valence-corrected chi connectivity index (χ2v) is 10.2. The van der Waals surface area contributed by atoms with Gasteiger partial charge in [-0.1, -0.05) is 60.3 Å². The number of rotatable bonds is 8. The Morgan fingerprint density at radius 1 is 1.12 bits per heavy atom. The van der Waals surface area contributed by atoms with E-state index in [-0.39, 0.29) is 5.91 Å². The lowest BCUT2D eigenvalue weighted by Gasteiger charge is -2.15. The zero-order valence-electron chi connectivity index (χ0n) is 19.0. The fourth-order valence-corrected chi connectivity index (χ4v) is 5.69. The van der Waals surface area contributed by atoms with Crippen molar-refractivity contribution in [2.45, 2.75) is 30.1 Å². The van der Waals surface area contributed by atoms with Crippen molar-refractivity contribution >= 4 is 40.0 Å². The number of carbonyl (C=O) groups is 1. The van der Waals surface area contributed by atoms with Gasteiger partial charge in [-0.25, -0.2) is 4.98 Å². The van der Waals surface area contributed by atoms with Crippen LogP contribution in [0, 0.1) is 6.92 Å². The molecular weight excluding hydrogens is 464 g/mol. The molecule has 0 atom stereocenters. The zero-order chi connectivity index (χ0) is 23.5. The number of fused-ring (bicyclic) bond motifs is 1. The third kappa shape index (κ3) is 4.93. The molecule has 5 aromatic rings. The van der Waals surface area contributed by atoms with Crippen LogP contribution in [-0.4, -0.2) is 32.6 Å². The monoisotopic (exact) mass is 488 g/mol. The Kier molecular flexibility index (Phi) is 6.51. The molecule has 0 spiro atoms. The highest BCUT2D eigenvalue weighted by atomic mass is 32.2. The highest BCUT2D eigenvalue weighted by Gasteiger charge is 2.24. The van der Waals surface area contributed by atoms with Crippen molar-refractivity contribution in [3.05, 3.63) is 101 Å². The van der Waals surface area contributed by atoms with Crippen LogP contribution in [0.2, 0.25) is 0 Å². The topological polar surface area (TPSA) is 64.2 Å². The van der Waals surface area contributed by atoms with Gasteiger partial charge in [-0.05, 0) is 18.6 Å². The molecule has 0 saturated heterocycles. The molecule has 0 fully saturated rings. The van der Waals surface area contributed by atoms with Crippen LogP contribution in [0.1, 0.15) is 32.9 Å². The van der Waals surface area contributed by atoms with Gasteiger partial charge in [0, 0.05) is 53.1 Å². The summed E-state index contributed by atoms with van der Waals surface area (Å²) in [6.45, 7) is 3.13. The molecule has 2 aromatic carbocycles.